The number of ether oxygens (including phenoxy) is 1. The molecule has 46 heavy (non-hydrogen) atoms. The summed E-state index contributed by atoms with van der Waals surface area (Å²) in [5.41, 5.74) is 11.3. The van der Waals surface area contributed by atoms with Crippen LogP contribution in [0.1, 0.15) is 68.6 Å². The number of aromatic nitrogens is 1. The van der Waals surface area contributed by atoms with E-state index < -0.39 is 0 Å². The summed E-state index contributed by atoms with van der Waals surface area (Å²) >= 11 is 0. The van der Waals surface area contributed by atoms with Gasteiger partial charge >= 0.3 is 19.5 Å². The summed E-state index contributed by atoms with van der Waals surface area (Å²) in [6.45, 7) is 18.8. The first-order valence-corrected chi connectivity index (χ1v) is 16.2. The first-order valence-electron chi connectivity index (χ1n) is 16.2. The van der Waals surface area contributed by atoms with Crippen molar-refractivity contribution in [1.29, 1.82) is 0 Å². The zero-order chi connectivity index (χ0) is 31.6. The molecule has 0 N–H and O–H groups in total. The van der Waals surface area contributed by atoms with Gasteiger partial charge in [-0.25, -0.2) is 0 Å². The van der Waals surface area contributed by atoms with Crippen LogP contribution in [0.2, 0.25) is 0 Å². The van der Waals surface area contributed by atoms with Gasteiger partial charge in [-0.15, -0.1) is 35.0 Å². The average Bonchev–Trinajstić information content (AvgIpc) is 3.31. The minimum Gasteiger partial charge on any atom is -0.496 e. The van der Waals surface area contributed by atoms with Crippen molar-refractivity contribution in [3.8, 4) is 5.75 Å². The Balaban J connectivity index is 0.00000338. The summed E-state index contributed by atoms with van der Waals surface area (Å²) < 4.78 is 8.63. The Morgan fingerprint density at radius 1 is 0.652 bits per heavy atom. The van der Waals surface area contributed by atoms with Gasteiger partial charge in [0.1, 0.15) is 11.9 Å². The van der Waals surface area contributed by atoms with E-state index in [4.69, 9.17) is 4.74 Å². The predicted molar refractivity (Wildman–Crippen MR) is 191 cm³/mol. The van der Waals surface area contributed by atoms with Crippen molar-refractivity contribution in [1.82, 2.24) is 4.57 Å². The van der Waals surface area contributed by atoms with Crippen molar-refractivity contribution in [2.75, 3.05) is 12.0 Å². The number of rotatable bonds is 1. The van der Waals surface area contributed by atoms with E-state index in [-0.39, 0.29) is 36.5 Å². The molecule has 1 atom stereocenters. The van der Waals surface area contributed by atoms with E-state index in [1.165, 1.54) is 77.2 Å². The summed E-state index contributed by atoms with van der Waals surface area (Å²) in [5, 5.41) is 7.35. The van der Waals surface area contributed by atoms with Crippen molar-refractivity contribution < 1.29 is 24.2 Å². The Morgan fingerprint density at radius 3 is 1.96 bits per heavy atom. The number of benzene rings is 5. The zero-order valence-corrected chi connectivity index (χ0v) is 30.0. The third-order valence-corrected chi connectivity index (χ3v) is 11.7. The molecule has 3 heterocycles. The maximum absolute atomic E-state index is 5.98. The Morgan fingerprint density at radius 2 is 1.26 bits per heavy atom. The largest absolute Gasteiger partial charge is 1.00 e. The number of fused-ring (bicyclic) bond motifs is 9. The average molecular weight is 691 g/mol. The maximum Gasteiger partial charge on any atom is 1.00 e. The van der Waals surface area contributed by atoms with Gasteiger partial charge in [-0.05, 0) is 61.4 Å². The van der Waals surface area contributed by atoms with Crippen molar-refractivity contribution in [3.63, 3.8) is 0 Å². The van der Waals surface area contributed by atoms with Crippen LogP contribution in [-0.2, 0) is 30.3 Å². The molecule has 1 radical (unpaired) electrons. The Hall–Kier alpha value is -3.88. The fraction of sp³-hybridized carbons (Fsp3) is 0.286. The van der Waals surface area contributed by atoms with Crippen molar-refractivity contribution in [3.05, 3.63) is 113 Å². The van der Waals surface area contributed by atoms with Crippen LogP contribution in [-0.4, -0.2) is 11.7 Å². The minimum atomic E-state index is -0.170. The second kappa shape index (κ2) is 10.3. The maximum atomic E-state index is 5.98. The first kappa shape index (κ1) is 30.8. The van der Waals surface area contributed by atoms with Gasteiger partial charge in [-0.2, -0.15) is 0 Å². The number of hydrogen-bond acceptors (Lipinski definition) is 2. The minimum absolute atomic E-state index is 0. The molecule has 0 unspecified atom stereocenters. The van der Waals surface area contributed by atoms with Crippen LogP contribution in [0.4, 0.5) is 11.4 Å². The summed E-state index contributed by atoms with van der Waals surface area (Å²) in [4.78, 5) is 2.64. The van der Waals surface area contributed by atoms with Crippen LogP contribution in [0.3, 0.4) is 0 Å². The van der Waals surface area contributed by atoms with E-state index in [1.807, 2.05) is 0 Å². The first-order chi connectivity index (χ1) is 21.5. The van der Waals surface area contributed by atoms with E-state index in [0.29, 0.717) is 0 Å². The van der Waals surface area contributed by atoms with Crippen molar-refractivity contribution in [2.45, 2.75) is 72.4 Å². The van der Waals surface area contributed by atoms with Crippen LogP contribution in [0.15, 0.2) is 78.9 Å². The van der Waals surface area contributed by atoms with E-state index in [9.17, 15) is 0 Å². The number of nitrogens with zero attached hydrogens (tertiary/aromatic N) is 2. The van der Waals surface area contributed by atoms with E-state index in [1.54, 1.807) is 7.11 Å². The van der Waals surface area contributed by atoms with Crippen LogP contribution in [0.25, 0.3) is 43.4 Å². The summed E-state index contributed by atoms with van der Waals surface area (Å²) in [5.74, 6) is 0.927. The molecule has 5 aromatic carbocycles. The summed E-state index contributed by atoms with van der Waals surface area (Å²) in [6.07, 6.45) is 0.00540. The smallest absolute Gasteiger partial charge is 0.496 e. The van der Waals surface area contributed by atoms with Gasteiger partial charge in [0, 0.05) is 27.3 Å². The Labute approximate surface area is 285 Å². The second-order valence-corrected chi connectivity index (χ2v) is 14.2. The standard InChI is InChI=1S/C42H41N2O.Ru/c1-24-18-19-32-30-16-12-10-14-28(30)29-15-11-13-17-31(29)33-20-21-35-40-39(33)43(37(32)25(24)2)27(4)44(40)38-26(3)36(45-9)23-22-34(38)41(5,6)42(35,7)8;/h10-15,17-23,27H,1-9H3;/q-1;+1/t27-;/m0./s1. The molecular weight excluding hydrogens is 650 g/mol. The van der Waals surface area contributed by atoms with Gasteiger partial charge in [-0.3, -0.25) is 0 Å². The molecule has 0 saturated heterocycles. The molecule has 2 aliphatic rings. The molecule has 233 valence electrons. The molecule has 0 spiro atoms. The van der Waals surface area contributed by atoms with E-state index >= 15 is 0 Å². The molecule has 0 fully saturated rings. The van der Waals surface area contributed by atoms with Gasteiger partial charge in [0.2, 0.25) is 0 Å². The number of aryl methyl sites for hydroxylation is 2. The van der Waals surface area contributed by atoms with Crippen molar-refractivity contribution in [2.24, 2.45) is 0 Å². The zero-order valence-electron chi connectivity index (χ0n) is 28.2. The molecule has 0 bridgehead atoms. The molecule has 6 aromatic rings. The van der Waals surface area contributed by atoms with Gasteiger partial charge in [0.15, 0.2) is 0 Å². The molecular formula is C42H41N2ORu. The fourth-order valence-corrected chi connectivity index (χ4v) is 8.42. The molecule has 3 nitrogen and oxygen atoms in total. The molecule has 1 aromatic heterocycles. The SMILES string of the molecule is COc1ccc2c(c1C)N1c3c(ccc4c5ccccc5c5ccc[c-]c5c5ccc(C)c(C)c5n(c34)[C@@H]1C)C(C)(C)C2(C)C.[Ru+]. The van der Waals surface area contributed by atoms with Crippen LogP contribution >= 0.6 is 0 Å². The third-order valence-electron chi connectivity index (χ3n) is 11.7. The fourth-order valence-electron chi connectivity index (χ4n) is 8.42. The molecule has 2 aliphatic heterocycles. The summed E-state index contributed by atoms with van der Waals surface area (Å²) in [7, 11) is 1.79. The second-order valence-electron chi connectivity index (χ2n) is 14.2. The van der Waals surface area contributed by atoms with Crippen LogP contribution in [0, 0.1) is 26.8 Å². The molecule has 0 amide bonds. The summed E-state index contributed by atoms with van der Waals surface area (Å²) in [6, 6.07) is 33.0. The van der Waals surface area contributed by atoms with Gasteiger partial charge in [0.05, 0.1) is 24.0 Å². The normalized spacial score (nSPS) is 17.2. The third kappa shape index (κ3) is 3.74. The van der Waals surface area contributed by atoms with Crippen molar-refractivity contribution >= 4 is 54.7 Å². The molecule has 4 heteroatoms. The van der Waals surface area contributed by atoms with Crippen LogP contribution < -0.4 is 9.64 Å². The van der Waals surface area contributed by atoms with Gasteiger partial charge < -0.3 is 14.2 Å². The van der Waals surface area contributed by atoms with Gasteiger partial charge in [-0.1, -0.05) is 93.1 Å². The quantitative estimate of drug-likeness (QED) is 0.126. The van der Waals surface area contributed by atoms with Gasteiger partial charge in [0.25, 0.3) is 0 Å². The number of anilines is 2. The Kier molecular flexibility index (Phi) is 6.90. The topological polar surface area (TPSA) is 17.4 Å². The molecule has 0 aliphatic carbocycles. The number of methoxy groups -OCH3 is 1. The monoisotopic (exact) mass is 691 g/mol. The molecule has 8 rings (SSSR count). The van der Waals surface area contributed by atoms with E-state index in [2.05, 4.69) is 150 Å². The van der Waals surface area contributed by atoms with Crippen LogP contribution in [0.5, 0.6) is 5.75 Å². The van der Waals surface area contributed by atoms with E-state index in [0.717, 1.165) is 11.1 Å². The Bertz CT molecular complexity index is 2330. The molecule has 0 saturated carbocycles. The number of hydrogen-bond donors (Lipinski definition) is 0. The predicted octanol–water partition coefficient (Wildman–Crippen LogP) is 11.2.